The number of halogens is 1. The molecule has 1 atom stereocenters. The lowest BCUT2D eigenvalue weighted by atomic mass is 10.0. The second kappa shape index (κ2) is 7.12. The summed E-state index contributed by atoms with van der Waals surface area (Å²) in [4.78, 5) is 14.9. The Balaban J connectivity index is 1.68. The molecule has 1 unspecified atom stereocenters. The lowest BCUT2D eigenvalue weighted by Gasteiger charge is -2.28. The van der Waals surface area contributed by atoms with Gasteiger partial charge in [0.25, 0.3) is 0 Å². The molecule has 0 amide bonds. The number of carbonyl (C=O) groups is 1. The van der Waals surface area contributed by atoms with E-state index >= 15 is 0 Å². The third-order valence-electron chi connectivity index (χ3n) is 5.89. The van der Waals surface area contributed by atoms with Gasteiger partial charge >= 0.3 is 5.97 Å². The van der Waals surface area contributed by atoms with Crippen molar-refractivity contribution in [3.05, 3.63) is 34.5 Å². The molecular formula is C21H27ClN2O3. The van der Waals surface area contributed by atoms with Gasteiger partial charge in [0.05, 0.1) is 6.54 Å². The molecule has 0 radical (unpaired) electrons. The van der Waals surface area contributed by atoms with Crippen molar-refractivity contribution in [2.24, 2.45) is 0 Å². The fourth-order valence-electron chi connectivity index (χ4n) is 4.38. The second-order valence-electron chi connectivity index (χ2n) is 8.25. The average molecular weight is 391 g/mol. The fourth-order valence-corrected chi connectivity index (χ4v) is 4.56. The smallest absolute Gasteiger partial charge is 0.339 e. The maximum Gasteiger partial charge on any atom is 0.339 e. The molecule has 1 aliphatic heterocycles. The molecule has 2 aromatic rings. The molecule has 0 spiro atoms. The van der Waals surface area contributed by atoms with Crippen molar-refractivity contribution in [3.8, 4) is 0 Å². The van der Waals surface area contributed by atoms with Gasteiger partial charge in [-0.15, -0.1) is 0 Å². The third-order valence-corrected chi connectivity index (χ3v) is 6.13. The largest absolute Gasteiger partial charge is 0.460 e. The van der Waals surface area contributed by atoms with Crippen LogP contribution in [0.15, 0.2) is 18.2 Å². The van der Waals surface area contributed by atoms with Crippen LogP contribution in [0.3, 0.4) is 0 Å². The molecule has 5 nitrogen and oxygen atoms in total. The van der Waals surface area contributed by atoms with E-state index < -0.39 is 11.6 Å². The molecule has 27 heavy (non-hydrogen) atoms. The summed E-state index contributed by atoms with van der Waals surface area (Å²) in [5.41, 5.74) is 1.85. The van der Waals surface area contributed by atoms with Crippen molar-refractivity contribution in [2.45, 2.75) is 63.8 Å². The van der Waals surface area contributed by atoms with Gasteiger partial charge < -0.3 is 19.3 Å². The summed E-state index contributed by atoms with van der Waals surface area (Å²) in [6.45, 7) is 3.51. The molecule has 4 rings (SSSR count). The minimum absolute atomic E-state index is 0.0516. The van der Waals surface area contributed by atoms with Gasteiger partial charge in [-0.2, -0.15) is 0 Å². The van der Waals surface area contributed by atoms with E-state index in [0.29, 0.717) is 5.02 Å². The van der Waals surface area contributed by atoms with E-state index in [1.54, 1.807) is 6.92 Å². The summed E-state index contributed by atoms with van der Waals surface area (Å²) in [7, 11) is 2.09. The van der Waals surface area contributed by atoms with Gasteiger partial charge in [-0.3, -0.25) is 0 Å². The van der Waals surface area contributed by atoms with Gasteiger partial charge in [0, 0.05) is 34.7 Å². The van der Waals surface area contributed by atoms with Gasteiger partial charge in [-0.1, -0.05) is 11.6 Å². The maximum atomic E-state index is 12.7. The minimum Gasteiger partial charge on any atom is -0.460 e. The number of benzene rings is 1. The Bertz CT molecular complexity index is 868. The predicted molar refractivity (Wildman–Crippen MR) is 106 cm³/mol. The summed E-state index contributed by atoms with van der Waals surface area (Å²) in [6.07, 6.45) is 4.85. The second-order valence-corrected chi connectivity index (χ2v) is 8.68. The standard InChI is InChI=1S/C21H27ClN2O3/c1-21(26,20(25)27-15-5-3-4-6-15)13-24-18-8-7-14(22)11-17(18)16-9-10-23(2)12-19(16)24/h7-8,11,15,26H,3-6,9-10,12-13H2,1-2H3. The third kappa shape index (κ3) is 3.60. The molecule has 1 aromatic carbocycles. The van der Waals surface area contributed by atoms with Crippen LogP contribution in [-0.2, 0) is 29.0 Å². The van der Waals surface area contributed by atoms with E-state index in [4.69, 9.17) is 16.3 Å². The number of likely N-dealkylation sites (N-methyl/N-ethyl adjacent to an activating group) is 1. The number of aliphatic hydroxyl groups is 1. The maximum absolute atomic E-state index is 12.7. The summed E-state index contributed by atoms with van der Waals surface area (Å²) < 4.78 is 7.66. The molecule has 1 N–H and O–H groups in total. The zero-order chi connectivity index (χ0) is 19.2. The van der Waals surface area contributed by atoms with Crippen LogP contribution in [0.5, 0.6) is 0 Å². The van der Waals surface area contributed by atoms with Crippen molar-refractivity contribution in [1.29, 1.82) is 0 Å². The fraction of sp³-hybridized carbons (Fsp3) is 0.571. The number of rotatable bonds is 4. The molecule has 1 saturated carbocycles. The molecule has 1 aliphatic carbocycles. The number of ether oxygens (including phenoxy) is 1. The van der Waals surface area contributed by atoms with E-state index in [2.05, 4.69) is 16.5 Å². The first kappa shape index (κ1) is 18.8. The molecule has 2 aliphatic rings. The van der Waals surface area contributed by atoms with E-state index in [0.717, 1.165) is 61.8 Å². The number of aromatic nitrogens is 1. The molecule has 0 saturated heterocycles. The Morgan fingerprint density at radius 1 is 1.37 bits per heavy atom. The molecule has 2 heterocycles. The predicted octanol–water partition coefficient (Wildman–Crippen LogP) is 3.52. The summed E-state index contributed by atoms with van der Waals surface area (Å²) >= 11 is 6.23. The first-order chi connectivity index (χ1) is 12.8. The lowest BCUT2D eigenvalue weighted by molar-refractivity contribution is -0.170. The lowest BCUT2D eigenvalue weighted by Crippen LogP contribution is -2.43. The molecule has 1 aromatic heterocycles. The van der Waals surface area contributed by atoms with Crippen LogP contribution < -0.4 is 0 Å². The molecular weight excluding hydrogens is 364 g/mol. The number of fused-ring (bicyclic) bond motifs is 3. The number of nitrogens with zero attached hydrogens (tertiary/aromatic N) is 2. The number of hydrogen-bond donors (Lipinski definition) is 1. The van der Waals surface area contributed by atoms with Crippen LogP contribution >= 0.6 is 11.6 Å². The number of carbonyl (C=O) groups excluding carboxylic acids is 1. The van der Waals surface area contributed by atoms with Crippen molar-refractivity contribution in [3.63, 3.8) is 0 Å². The van der Waals surface area contributed by atoms with Crippen LogP contribution in [0.2, 0.25) is 5.02 Å². The zero-order valence-electron chi connectivity index (χ0n) is 16.0. The highest BCUT2D eigenvalue weighted by Gasteiger charge is 2.37. The monoisotopic (exact) mass is 390 g/mol. The minimum atomic E-state index is -1.57. The zero-order valence-corrected chi connectivity index (χ0v) is 16.8. The Labute approximate surface area is 164 Å². The number of hydrogen-bond acceptors (Lipinski definition) is 4. The van der Waals surface area contributed by atoms with Crippen LogP contribution in [-0.4, -0.2) is 45.8 Å². The van der Waals surface area contributed by atoms with Gasteiger partial charge in [0.15, 0.2) is 5.60 Å². The van der Waals surface area contributed by atoms with Crippen molar-refractivity contribution < 1.29 is 14.6 Å². The molecule has 6 heteroatoms. The molecule has 0 bridgehead atoms. The Hall–Kier alpha value is -1.56. The Morgan fingerprint density at radius 3 is 2.85 bits per heavy atom. The highest BCUT2D eigenvalue weighted by molar-refractivity contribution is 6.31. The van der Waals surface area contributed by atoms with E-state index in [1.807, 2.05) is 18.2 Å². The quantitative estimate of drug-likeness (QED) is 0.811. The SMILES string of the molecule is CN1CCc2c(n(CC(C)(O)C(=O)OC3CCCC3)c3ccc(Cl)cc23)C1. The number of esters is 1. The highest BCUT2D eigenvalue weighted by Crippen LogP contribution is 2.34. The van der Waals surface area contributed by atoms with Crippen molar-refractivity contribution >= 4 is 28.5 Å². The Morgan fingerprint density at radius 2 is 2.11 bits per heavy atom. The van der Waals surface area contributed by atoms with Crippen molar-refractivity contribution in [1.82, 2.24) is 9.47 Å². The van der Waals surface area contributed by atoms with Crippen LogP contribution in [0.25, 0.3) is 10.9 Å². The topological polar surface area (TPSA) is 54.7 Å². The van der Waals surface area contributed by atoms with Gasteiger partial charge in [-0.05, 0) is 69.8 Å². The van der Waals surface area contributed by atoms with E-state index in [-0.39, 0.29) is 12.6 Å². The van der Waals surface area contributed by atoms with Gasteiger partial charge in [0.1, 0.15) is 6.10 Å². The van der Waals surface area contributed by atoms with Crippen LogP contribution in [0.4, 0.5) is 0 Å². The molecule has 146 valence electrons. The first-order valence-electron chi connectivity index (χ1n) is 9.76. The highest BCUT2D eigenvalue weighted by atomic mass is 35.5. The van der Waals surface area contributed by atoms with E-state index in [1.165, 1.54) is 5.56 Å². The average Bonchev–Trinajstić information content (AvgIpc) is 3.21. The summed E-state index contributed by atoms with van der Waals surface area (Å²) in [5, 5.41) is 12.8. The summed E-state index contributed by atoms with van der Waals surface area (Å²) in [5.74, 6) is -0.525. The Kier molecular flexibility index (Phi) is 4.95. The van der Waals surface area contributed by atoms with Gasteiger partial charge in [0.2, 0.25) is 0 Å². The van der Waals surface area contributed by atoms with Crippen LogP contribution in [0, 0.1) is 0 Å². The van der Waals surface area contributed by atoms with E-state index in [9.17, 15) is 9.90 Å². The van der Waals surface area contributed by atoms with Crippen LogP contribution in [0.1, 0.15) is 43.9 Å². The molecule has 1 fully saturated rings. The van der Waals surface area contributed by atoms with Gasteiger partial charge in [-0.25, -0.2) is 4.79 Å². The summed E-state index contributed by atoms with van der Waals surface area (Å²) in [6, 6.07) is 5.83. The normalized spacial score (nSPS) is 20.6. The van der Waals surface area contributed by atoms with Crippen molar-refractivity contribution in [2.75, 3.05) is 13.6 Å². The first-order valence-corrected chi connectivity index (χ1v) is 10.1.